The Morgan fingerprint density at radius 2 is 2.10 bits per heavy atom. The minimum Gasteiger partial charge on any atom is -0.458 e. The number of nitrogens with zero attached hydrogens (tertiary/aromatic N) is 2. The third-order valence-corrected chi connectivity index (χ3v) is 3.57. The number of hydrogen-bond acceptors (Lipinski definition) is 8. The van der Waals surface area contributed by atoms with Crippen LogP contribution in [0.1, 0.15) is 18.6 Å². The minimum atomic E-state index is -1.15. The van der Waals surface area contributed by atoms with Gasteiger partial charge in [0, 0.05) is 12.1 Å². The molecule has 0 radical (unpaired) electrons. The molecule has 21 heavy (non-hydrogen) atoms. The monoisotopic (exact) mass is 295 g/mol. The topological polar surface area (TPSA) is 121 Å². The lowest BCUT2D eigenvalue weighted by Crippen LogP contribution is -2.32. The molecule has 1 unspecified atom stereocenters. The van der Waals surface area contributed by atoms with Crippen molar-refractivity contribution in [1.29, 1.82) is 0 Å². The number of nitrogens with one attached hydrogen (secondary N) is 1. The van der Waals surface area contributed by atoms with E-state index in [2.05, 4.69) is 15.3 Å². The third-order valence-electron chi connectivity index (χ3n) is 3.57. The molecular weight excluding hydrogens is 278 g/mol. The van der Waals surface area contributed by atoms with E-state index in [0.29, 0.717) is 29.0 Å². The number of aliphatic hydroxyl groups is 3. The van der Waals surface area contributed by atoms with E-state index in [1.165, 1.54) is 12.6 Å². The highest BCUT2D eigenvalue weighted by Gasteiger charge is 2.44. The van der Waals surface area contributed by atoms with Crippen molar-refractivity contribution in [2.45, 2.75) is 31.3 Å². The average Bonchev–Trinajstić information content (AvgIpc) is 3.03. The summed E-state index contributed by atoms with van der Waals surface area (Å²) in [6.45, 7) is 2.24. The second-order valence-electron chi connectivity index (χ2n) is 4.88. The van der Waals surface area contributed by atoms with Crippen LogP contribution in [0.15, 0.2) is 17.0 Å². The number of furan rings is 1. The first-order valence-corrected chi connectivity index (χ1v) is 6.75. The first-order valence-electron chi connectivity index (χ1n) is 6.75. The van der Waals surface area contributed by atoms with Crippen LogP contribution in [0, 0.1) is 0 Å². The molecular formula is C13H17N3O5. The number of rotatable bonds is 4. The maximum atomic E-state index is 10.1. The molecule has 1 saturated heterocycles. The van der Waals surface area contributed by atoms with Gasteiger partial charge < -0.3 is 29.8 Å². The van der Waals surface area contributed by atoms with Gasteiger partial charge in [0.25, 0.3) is 0 Å². The van der Waals surface area contributed by atoms with Crippen molar-refractivity contribution >= 4 is 16.9 Å². The lowest BCUT2D eigenvalue weighted by atomic mass is 10.0. The smallest absolute Gasteiger partial charge is 0.194 e. The number of aliphatic hydroxyl groups excluding tert-OH is 3. The fourth-order valence-electron chi connectivity index (χ4n) is 2.52. The Bertz CT molecular complexity index is 631. The standard InChI is InChI=1S/C13H17N3O5/c1-2-14-13-12-8(15-5-16-13)6(4-20-12)11-10(19)9(18)7(3-17)21-11/h4-5,7,9-11,17-19H,2-3H2,1H3,(H,14,15,16)/t7-,9-,10-,11?/m1/s1. The average molecular weight is 295 g/mol. The van der Waals surface area contributed by atoms with E-state index in [4.69, 9.17) is 14.3 Å². The van der Waals surface area contributed by atoms with Gasteiger partial charge in [-0.2, -0.15) is 0 Å². The number of anilines is 1. The summed E-state index contributed by atoms with van der Waals surface area (Å²) in [7, 11) is 0. The Hall–Kier alpha value is -1.74. The van der Waals surface area contributed by atoms with Gasteiger partial charge in [-0.15, -0.1) is 0 Å². The minimum absolute atomic E-state index is 0.373. The molecule has 1 aliphatic rings. The summed E-state index contributed by atoms with van der Waals surface area (Å²) in [5.74, 6) is 0.556. The molecule has 0 amide bonds. The number of ether oxygens (including phenoxy) is 1. The van der Waals surface area contributed by atoms with E-state index in [9.17, 15) is 10.2 Å². The molecule has 3 rings (SSSR count). The van der Waals surface area contributed by atoms with Crippen LogP contribution in [0.4, 0.5) is 5.82 Å². The van der Waals surface area contributed by atoms with Crippen LogP contribution in [0.2, 0.25) is 0 Å². The maximum absolute atomic E-state index is 10.1. The van der Waals surface area contributed by atoms with Crippen molar-refractivity contribution in [2.75, 3.05) is 18.5 Å². The fourth-order valence-corrected chi connectivity index (χ4v) is 2.52. The Balaban J connectivity index is 2.00. The molecule has 2 aromatic rings. The summed E-state index contributed by atoms with van der Waals surface area (Å²) in [5, 5.41) is 32.1. The molecule has 8 nitrogen and oxygen atoms in total. The fraction of sp³-hybridized carbons (Fsp3) is 0.538. The molecule has 0 spiro atoms. The molecule has 1 fully saturated rings. The van der Waals surface area contributed by atoms with Gasteiger partial charge >= 0.3 is 0 Å². The van der Waals surface area contributed by atoms with Crippen LogP contribution in [0.3, 0.4) is 0 Å². The number of aromatic nitrogens is 2. The second kappa shape index (κ2) is 5.57. The Morgan fingerprint density at radius 1 is 1.29 bits per heavy atom. The molecule has 1 aliphatic heterocycles. The zero-order valence-electron chi connectivity index (χ0n) is 11.4. The van der Waals surface area contributed by atoms with Crippen LogP contribution in [-0.4, -0.2) is 56.8 Å². The molecule has 114 valence electrons. The van der Waals surface area contributed by atoms with Crippen molar-refractivity contribution in [3.63, 3.8) is 0 Å². The van der Waals surface area contributed by atoms with E-state index in [1.54, 1.807) is 0 Å². The number of fused-ring (bicyclic) bond motifs is 1. The summed E-state index contributed by atoms with van der Waals surface area (Å²) in [5.41, 5.74) is 1.50. The van der Waals surface area contributed by atoms with Crippen LogP contribution in [0.25, 0.3) is 11.1 Å². The predicted octanol–water partition coefficient (Wildman–Crippen LogP) is -0.191. The van der Waals surface area contributed by atoms with Crippen molar-refractivity contribution < 1.29 is 24.5 Å². The third kappa shape index (κ3) is 2.26. The van der Waals surface area contributed by atoms with Gasteiger partial charge in [0.05, 0.1) is 12.9 Å². The lowest BCUT2D eigenvalue weighted by Gasteiger charge is -2.12. The summed E-state index contributed by atoms with van der Waals surface area (Å²) in [6.07, 6.45) is -1.12. The van der Waals surface area contributed by atoms with E-state index in [1.807, 2.05) is 6.92 Å². The summed E-state index contributed by atoms with van der Waals surface area (Å²) in [6, 6.07) is 0. The molecule has 4 atom stereocenters. The van der Waals surface area contributed by atoms with Gasteiger partial charge in [-0.05, 0) is 6.92 Å². The lowest BCUT2D eigenvalue weighted by molar-refractivity contribution is -0.0226. The summed E-state index contributed by atoms with van der Waals surface area (Å²) < 4.78 is 11.0. The zero-order valence-corrected chi connectivity index (χ0v) is 11.4. The largest absolute Gasteiger partial charge is 0.458 e. The Kier molecular flexibility index (Phi) is 3.77. The molecule has 3 heterocycles. The molecule has 2 aromatic heterocycles. The van der Waals surface area contributed by atoms with E-state index in [-0.39, 0.29) is 6.61 Å². The van der Waals surface area contributed by atoms with E-state index < -0.39 is 24.4 Å². The summed E-state index contributed by atoms with van der Waals surface area (Å²) in [4.78, 5) is 8.25. The SMILES string of the molecule is CCNc1ncnc2c(C3O[C@H](CO)[C@@H](O)[C@H]3O)coc12. The van der Waals surface area contributed by atoms with E-state index >= 15 is 0 Å². The Labute approximate surface area is 120 Å². The van der Waals surface area contributed by atoms with Crippen LogP contribution >= 0.6 is 0 Å². The highest BCUT2D eigenvalue weighted by Crippen LogP contribution is 2.38. The van der Waals surface area contributed by atoms with Crippen molar-refractivity contribution in [2.24, 2.45) is 0 Å². The normalized spacial score (nSPS) is 29.1. The molecule has 0 aliphatic carbocycles. The van der Waals surface area contributed by atoms with Gasteiger partial charge in [0.1, 0.15) is 36.3 Å². The van der Waals surface area contributed by atoms with Gasteiger partial charge in [-0.1, -0.05) is 0 Å². The highest BCUT2D eigenvalue weighted by molar-refractivity contribution is 5.86. The first-order chi connectivity index (χ1) is 10.2. The molecule has 8 heteroatoms. The number of hydrogen-bond donors (Lipinski definition) is 4. The Morgan fingerprint density at radius 3 is 2.76 bits per heavy atom. The zero-order chi connectivity index (χ0) is 15.0. The van der Waals surface area contributed by atoms with Crippen LogP contribution in [-0.2, 0) is 4.74 Å². The van der Waals surface area contributed by atoms with Crippen LogP contribution in [0.5, 0.6) is 0 Å². The van der Waals surface area contributed by atoms with Gasteiger partial charge in [0.15, 0.2) is 11.4 Å². The van der Waals surface area contributed by atoms with E-state index in [0.717, 1.165) is 0 Å². The molecule has 0 aromatic carbocycles. The first kappa shape index (κ1) is 14.2. The highest BCUT2D eigenvalue weighted by atomic mass is 16.6. The van der Waals surface area contributed by atoms with Crippen molar-refractivity contribution in [3.05, 3.63) is 18.2 Å². The maximum Gasteiger partial charge on any atom is 0.194 e. The van der Waals surface area contributed by atoms with Gasteiger partial charge in [-0.3, -0.25) is 0 Å². The molecule has 4 N–H and O–H groups in total. The quantitative estimate of drug-likeness (QED) is 0.612. The van der Waals surface area contributed by atoms with Crippen molar-refractivity contribution in [3.8, 4) is 0 Å². The summed E-state index contributed by atoms with van der Waals surface area (Å²) >= 11 is 0. The second-order valence-corrected chi connectivity index (χ2v) is 4.88. The van der Waals surface area contributed by atoms with Gasteiger partial charge in [-0.25, -0.2) is 9.97 Å². The molecule has 0 saturated carbocycles. The van der Waals surface area contributed by atoms with Crippen LogP contribution < -0.4 is 5.32 Å². The molecule has 0 bridgehead atoms. The van der Waals surface area contributed by atoms with Crippen molar-refractivity contribution in [1.82, 2.24) is 9.97 Å². The van der Waals surface area contributed by atoms with Gasteiger partial charge in [0.2, 0.25) is 0 Å². The predicted molar refractivity (Wildman–Crippen MR) is 72.7 cm³/mol.